The molecule has 14 heavy (non-hydrogen) atoms. The van der Waals surface area contributed by atoms with Crippen LogP contribution in [0.2, 0.25) is 0 Å². The standard InChI is InChI=1S/C10H15O3P/c1-4-9-6-5-7-10(8-9)14(11,12-2)13-3/h5-8H,4H2,1-3H3. The summed E-state index contributed by atoms with van der Waals surface area (Å²) in [6.07, 6.45) is 0.904. The predicted molar refractivity (Wildman–Crippen MR) is 57.1 cm³/mol. The van der Waals surface area contributed by atoms with Crippen LogP contribution in [0.5, 0.6) is 0 Å². The van der Waals surface area contributed by atoms with Gasteiger partial charge in [0.05, 0.1) is 5.30 Å². The average Bonchev–Trinajstić information content (AvgIpc) is 2.28. The minimum Gasteiger partial charge on any atom is -0.309 e. The van der Waals surface area contributed by atoms with Gasteiger partial charge < -0.3 is 9.05 Å². The van der Waals surface area contributed by atoms with Crippen LogP contribution in [-0.2, 0) is 20.0 Å². The molecule has 0 aliphatic heterocycles. The Morgan fingerprint density at radius 2 is 1.93 bits per heavy atom. The van der Waals surface area contributed by atoms with Crippen LogP contribution < -0.4 is 5.30 Å². The molecule has 3 nitrogen and oxygen atoms in total. The lowest BCUT2D eigenvalue weighted by Gasteiger charge is -2.14. The molecule has 1 aromatic rings. The summed E-state index contributed by atoms with van der Waals surface area (Å²) in [6, 6.07) is 7.46. The third-order valence-corrected chi connectivity index (χ3v) is 3.99. The first kappa shape index (κ1) is 11.4. The number of aryl methyl sites for hydroxylation is 1. The lowest BCUT2D eigenvalue weighted by Crippen LogP contribution is -2.08. The Kier molecular flexibility index (Phi) is 3.87. The lowest BCUT2D eigenvalue weighted by molar-refractivity contribution is 0.287. The molecule has 78 valence electrons. The summed E-state index contributed by atoms with van der Waals surface area (Å²) < 4.78 is 21.8. The highest BCUT2D eigenvalue weighted by Gasteiger charge is 2.23. The molecule has 0 aromatic heterocycles. The summed E-state index contributed by atoms with van der Waals surface area (Å²) in [5.74, 6) is 0. The molecule has 0 N–H and O–H groups in total. The van der Waals surface area contributed by atoms with Gasteiger partial charge in [0.15, 0.2) is 0 Å². The van der Waals surface area contributed by atoms with Gasteiger partial charge in [0.2, 0.25) is 0 Å². The molecule has 0 atom stereocenters. The van der Waals surface area contributed by atoms with Gasteiger partial charge in [-0.25, -0.2) is 0 Å². The van der Waals surface area contributed by atoms with E-state index in [9.17, 15) is 4.57 Å². The minimum absolute atomic E-state index is 0.613. The number of hydrogen-bond donors (Lipinski definition) is 0. The number of rotatable bonds is 4. The molecule has 1 rings (SSSR count). The van der Waals surface area contributed by atoms with E-state index in [1.807, 2.05) is 25.1 Å². The first-order valence-electron chi connectivity index (χ1n) is 4.47. The zero-order valence-electron chi connectivity index (χ0n) is 8.69. The smallest absolute Gasteiger partial charge is 0.309 e. The Balaban J connectivity index is 3.11. The maximum Gasteiger partial charge on any atom is 0.360 e. The van der Waals surface area contributed by atoms with E-state index in [0.717, 1.165) is 12.0 Å². The maximum absolute atomic E-state index is 12.0. The van der Waals surface area contributed by atoms with Gasteiger partial charge in [0.25, 0.3) is 0 Å². The van der Waals surface area contributed by atoms with Crippen molar-refractivity contribution in [3.05, 3.63) is 29.8 Å². The van der Waals surface area contributed by atoms with Crippen molar-refractivity contribution < 1.29 is 13.6 Å². The van der Waals surface area contributed by atoms with Gasteiger partial charge in [-0.1, -0.05) is 19.1 Å². The molecule has 0 bridgehead atoms. The molecular formula is C10H15O3P. The molecule has 0 spiro atoms. The molecule has 0 unspecified atom stereocenters. The van der Waals surface area contributed by atoms with Crippen LogP contribution in [0.1, 0.15) is 12.5 Å². The van der Waals surface area contributed by atoms with Gasteiger partial charge in [-0.3, -0.25) is 4.57 Å². The highest BCUT2D eigenvalue weighted by molar-refractivity contribution is 7.62. The van der Waals surface area contributed by atoms with E-state index in [1.165, 1.54) is 14.2 Å². The topological polar surface area (TPSA) is 35.5 Å². The number of hydrogen-bond acceptors (Lipinski definition) is 3. The van der Waals surface area contributed by atoms with Gasteiger partial charge in [-0.05, 0) is 24.1 Å². The van der Waals surface area contributed by atoms with Crippen LogP contribution in [0.3, 0.4) is 0 Å². The second kappa shape index (κ2) is 4.74. The summed E-state index contributed by atoms with van der Waals surface area (Å²) in [6.45, 7) is 2.05. The van der Waals surface area contributed by atoms with E-state index in [2.05, 4.69) is 0 Å². The van der Waals surface area contributed by atoms with Gasteiger partial charge in [0, 0.05) is 14.2 Å². The Morgan fingerprint density at radius 1 is 1.29 bits per heavy atom. The zero-order valence-corrected chi connectivity index (χ0v) is 9.58. The van der Waals surface area contributed by atoms with Crippen molar-refractivity contribution in [1.82, 2.24) is 0 Å². The molecule has 0 saturated carbocycles. The Bertz CT molecular complexity index is 341. The van der Waals surface area contributed by atoms with Crippen molar-refractivity contribution in [2.24, 2.45) is 0 Å². The van der Waals surface area contributed by atoms with Crippen molar-refractivity contribution in [2.45, 2.75) is 13.3 Å². The van der Waals surface area contributed by atoms with Crippen LogP contribution in [-0.4, -0.2) is 14.2 Å². The van der Waals surface area contributed by atoms with Gasteiger partial charge in [0.1, 0.15) is 0 Å². The van der Waals surface area contributed by atoms with E-state index < -0.39 is 7.60 Å². The minimum atomic E-state index is -3.07. The van der Waals surface area contributed by atoms with Crippen molar-refractivity contribution >= 4 is 12.9 Å². The average molecular weight is 214 g/mol. The van der Waals surface area contributed by atoms with Crippen LogP contribution >= 0.6 is 7.60 Å². The summed E-state index contributed by atoms with van der Waals surface area (Å²) in [4.78, 5) is 0. The van der Waals surface area contributed by atoms with Crippen molar-refractivity contribution in [1.29, 1.82) is 0 Å². The van der Waals surface area contributed by atoms with Crippen LogP contribution in [0.15, 0.2) is 24.3 Å². The van der Waals surface area contributed by atoms with E-state index in [0.29, 0.717) is 5.30 Å². The summed E-state index contributed by atoms with van der Waals surface area (Å²) >= 11 is 0. The lowest BCUT2D eigenvalue weighted by atomic mass is 10.2. The fraction of sp³-hybridized carbons (Fsp3) is 0.400. The summed E-state index contributed by atoms with van der Waals surface area (Å²) in [7, 11) is -0.290. The normalized spacial score (nSPS) is 11.6. The molecule has 0 heterocycles. The number of benzene rings is 1. The zero-order chi connectivity index (χ0) is 10.6. The summed E-state index contributed by atoms with van der Waals surface area (Å²) in [5.41, 5.74) is 1.12. The van der Waals surface area contributed by atoms with Crippen molar-refractivity contribution in [3.8, 4) is 0 Å². The highest BCUT2D eigenvalue weighted by Crippen LogP contribution is 2.44. The first-order valence-corrected chi connectivity index (χ1v) is 6.01. The van der Waals surface area contributed by atoms with Gasteiger partial charge in [-0.2, -0.15) is 0 Å². The Morgan fingerprint density at radius 3 is 2.43 bits per heavy atom. The van der Waals surface area contributed by atoms with Crippen LogP contribution in [0.25, 0.3) is 0 Å². The fourth-order valence-corrected chi connectivity index (χ4v) is 2.40. The monoisotopic (exact) mass is 214 g/mol. The molecule has 1 aromatic carbocycles. The molecule has 0 aliphatic rings. The van der Waals surface area contributed by atoms with Crippen molar-refractivity contribution in [2.75, 3.05) is 14.2 Å². The predicted octanol–water partition coefficient (Wildman–Crippen LogP) is 2.36. The van der Waals surface area contributed by atoms with E-state index >= 15 is 0 Å². The van der Waals surface area contributed by atoms with Crippen LogP contribution in [0, 0.1) is 0 Å². The molecule has 0 amide bonds. The molecule has 0 radical (unpaired) electrons. The first-order chi connectivity index (χ1) is 6.66. The Labute approximate surface area is 84.6 Å². The second-order valence-electron chi connectivity index (χ2n) is 2.89. The molecule has 0 saturated heterocycles. The highest BCUT2D eigenvalue weighted by atomic mass is 31.2. The van der Waals surface area contributed by atoms with Crippen LogP contribution in [0.4, 0.5) is 0 Å². The third kappa shape index (κ3) is 2.24. The van der Waals surface area contributed by atoms with E-state index in [1.54, 1.807) is 6.07 Å². The van der Waals surface area contributed by atoms with Crippen molar-refractivity contribution in [3.63, 3.8) is 0 Å². The maximum atomic E-state index is 12.0. The Hall–Kier alpha value is -0.630. The molecule has 4 heteroatoms. The van der Waals surface area contributed by atoms with Gasteiger partial charge >= 0.3 is 7.60 Å². The van der Waals surface area contributed by atoms with E-state index in [-0.39, 0.29) is 0 Å². The molecule has 0 fully saturated rings. The fourth-order valence-electron chi connectivity index (χ4n) is 1.23. The molecule has 0 aliphatic carbocycles. The third-order valence-electron chi connectivity index (χ3n) is 2.12. The summed E-state index contributed by atoms with van der Waals surface area (Å²) in [5, 5.41) is 0.613. The quantitative estimate of drug-likeness (QED) is 0.722. The largest absolute Gasteiger partial charge is 0.360 e. The molecular weight excluding hydrogens is 199 g/mol. The second-order valence-corrected chi connectivity index (χ2v) is 5.13. The SMILES string of the molecule is CCc1cccc(P(=O)(OC)OC)c1. The van der Waals surface area contributed by atoms with E-state index in [4.69, 9.17) is 9.05 Å². The van der Waals surface area contributed by atoms with Gasteiger partial charge in [-0.15, -0.1) is 0 Å².